The van der Waals surface area contributed by atoms with Crippen molar-refractivity contribution in [3.63, 3.8) is 0 Å². The predicted molar refractivity (Wildman–Crippen MR) is 111 cm³/mol. The molecule has 0 saturated carbocycles. The van der Waals surface area contributed by atoms with Gasteiger partial charge in [-0.1, -0.05) is 24.3 Å². The first kappa shape index (κ1) is 19.9. The summed E-state index contributed by atoms with van der Waals surface area (Å²) >= 11 is 0. The summed E-state index contributed by atoms with van der Waals surface area (Å²) < 4.78 is 19.4. The van der Waals surface area contributed by atoms with E-state index in [9.17, 15) is 14.0 Å². The van der Waals surface area contributed by atoms with Crippen molar-refractivity contribution in [2.24, 2.45) is 0 Å². The van der Waals surface area contributed by atoms with E-state index < -0.39 is 5.82 Å². The Labute approximate surface area is 174 Å². The Kier molecular flexibility index (Phi) is 5.93. The zero-order valence-corrected chi connectivity index (χ0v) is 16.6. The first-order valence-electron chi connectivity index (χ1n) is 10.1. The number of amides is 2. The average molecular weight is 406 g/mol. The molecular weight excluding hydrogens is 383 g/mol. The highest BCUT2D eigenvalue weighted by Crippen LogP contribution is 2.24. The molecule has 3 aromatic rings. The molecule has 2 aromatic carbocycles. The number of carbonyl (C=O) groups is 2. The van der Waals surface area contributed by atoms with Crippen LogP contribution in [0.25, 0.3) is 11.3 Å². The van der Waals surface area contributed by atoms with Crippen LogP contribution in [-0.4, -0.2) is 29.8 Å². The topological polar surface area (TPSA) is 62.6 Å². The van der Waals surface area contributed by atoms with Crippen molar-refractivity contribution in [1.29, 1.82) is 0 Å². The van der Waals surface area contributed by atoms with Gasteiger partial charge in [-0.15, -0.1) is 0 Å². The Bertz CT molecular complexity index is 1040. The average Bonchev–Trinajstić information content (AvgIpc) is 3.28. The number of likely N-dealkylation sites (tertiary alicyclic amines) is 1. The van der Waals surface area contributed by atoms with Gasteiger partial charge in [0, 0.05) is 25.2 Å². The summed E-state index contributed by atoms with van der Waals surface area (Å²) in [5.74, 6) is -0.311. The molecule has 0 atom stereocenters. The third kappa shape index (κ3) is 4.43. The molecule has 1 fully saturated rings. The molecule has 0 spiro atoms. The normalized spacial score (nSPS) is 13.8. The van der Waals surface area contributed by atoms with E-state index in [1.165, 1.54) is 18.6 Å². The van der Waals surface area contributed by atoms with Gasteiger partial charge in [-0.05, 0) is 61.2 Å². The second-order valence-corrected chi connectivity index (χ2v) is 7.38. The van der Waals surface area contributed by atoms with Gasteiger partial charge in [0.05, 0.1) is 5.56 Å². The molecule has 1 aromatic heterocycles. The van der Waals surface area contributed by atoms with Crippen LogP contribution in [0.2, 0.25) is 0 Å². The van der Waals surface area contributed by atoms with Gasteiger partial charge in [0.25, 0.3) is 11.8 Å². The number of nitrogens with zero attached hydrogens (tertiary/aromatic N) is 1. The molecule has 30 heavy (non-hydrogen) atoms. The molecular formula is C24H23FN2O3. The summed E-state index contributed by atoms with van der Waals surface area (Å²) in [4.78, 5) is 26.8. The second kappa shape index (κ2) is 8.95. The molecule has 1 N–H and O–H groups in total. The predicted octanol–water partition coefficient (Wildman–Crippen LogP) is 4.64. The third-order valence-electron chi connectivity index (χ3n) is 5.27. The van der Waals surface area contributed by atoms with Crippen LogP contribution in [0.1, 0.15) is 45.7 Å². The minimum atomic E-state index is -0.405. The lowest BCUT2D eigenvalue weighted by Crippen LogP contribution is -2.35. The van der Waals surface area contributed by atoms with Crippen LogP contribution in [0.4, 0.5) is 4.39 Å². The van der Waals surface area contributed by atoms with Gasteiger partial charge in [0.1, 0.15) is 11.6 Å². The maximum absolute atomic E-state index is 13.9. The number of furan rings is 1. The molecule has 6 heteroatoms. The van der Waals surface area contributed by atoms with Crippen LogP contribution >= 0.6 is 0 Å². The van der Waals surface area contributed by atoms with E-state index in [2.05, 4.69) is 5.32 Å². The van der Waals surface area contributed by atoms with Gasteiger partial charge < -0.3 is 14.6 Å². The van der Waals surface area contributed by atoms with E-state index in [0.717, 1.165) is 31.5 Å². The van der Waals surface area contributed by atoms with Gasteiger partial charge in [-0.2, -0.15) is 0 Å². The fourth-order valence-corrected chi connectivity index (χ4v) is 3.58. The molecule has 2 heterocycles. The van der Waals surface area contributed by atoms with Crippen molar-refractivity contribution in [3.05, 3.63) is 83.4 Å². The van der Waals surface area contributed by atoms with E-state index in [4.69, 9.17) is 4.42 Å². The molecule has 1 saturated heterocycles. The van der Waals surface area contributed by atoms with E-state index in [-0.39, 0.29) is 17.6 Å². The van der Waals surface area contributed by atoms with Gasteiger partial charge >= 0.3 is 0 Å². The second-order valence-electron chi connectivity index (χ2n) is 7.38. The molecule has 0 radical (unpaired) electrons. The summed E-state index contributed by atoms with van der Waals surface area (Å²) in [5, 5.41) is 2.78. The lowest BCUT2D eigenvalue weighted by atomic mass is 10.1. The fraction of sp³-hybridized carbons (Fsp3) is 0.250. The molecule has 2 amide bonds. The third-order valence-corrected chi connectivity index (χ3v) is 5.27. The first-order valence-corrected chi connectivity index (χ1v) is 10.1. The van der Waals surface area contributed by atoms with Crippen LogP contribution in [0, 0.1) is 5.82 Å². The number of piperidine rings is 1. The summed E-state index contributed by atoms with van der Waals surface area (Å²) in [6.07, 6.45) is 3.29. The zero-order valence-electron chi connectivity index (χ0n) is 16.6. The number of nitrogens with one attached hydrogen (secondary N) is 1. The van der Waals surface area contributed by atoms with E-state index >= 15 is 0 Å². The fourth-order valence-electron chi connectivity index (χ4n) is 3.58. The number of hydrogen-bond acceptors (Lipinski definition) is 3. The van der Waals surface area contributed by atoms with E-state index in [1.54, 1.807) is 36.4 Å². The summed E-state index contributed by atoms with van der Waals surface area (Å²) in [5.41, 5.74) is 1.84. The molecule has 1 aliphatic heterocycles. The Balaban J connectivity index is 1.35. The standard InChI is InChI=1S/C24H23FN2O3/c25-20-7-3-2-6-19(20)21-12-13-22(30-21)23(28)26-16-17-8-10-18(11-9-17)24(29)27-14-4-1-5-15-27/h2-3,6-13H,1,4-5,14-16H2,(H,26,28). The van der Waals surface area contributed by atoms with Gasteiger partial charge in [0.2, 0.25) is 0 Å². The Hall–Kier alpha value is -3.41. The first-order chi connectivity index (χ1) is 14.6. The molecule has 154 valence electrons. The van der Waals surface area contributed by atoms with Crippen LogP contribution in [0.15, 0.2) is 65.1 Å². The van der Waals surface area contributed by atoms with Crippen molar-refractivity contribution in [1.82, 2.24) is 10.2 Å². The largest absolute Gasteiger partial charge is 0.451 e. The quantitative estimate of drug-likeness (QED) is 0.671. The smallest absolute Gasteiger partial charge is 0.287 e. The summed E-state index contributed by atoms with van der Waals surface area (Å²) in [6.45, 7) is 1.93. The molecule has 5 nitrogen and oxygen atoms in total. The van der Waals surface area contributed by atoms with Gasteiger partial charge in [-0.25, -0.2) is 4.39 Å². The highest BCUT2D eigenvalue weighted by atomic mass is 19.1. The van der Waals surface area contributed by atoms with Crippen LogP contribution in [0.3, 0.4) is 0 Å². The molecule has 0 aliphatic carbocycles. The lowest BCUT2D eigenvalue weighted by molar-refractivity contribution is 0.0724. The van der Waals surface area contributed by atoms with Crippen LogP contribution in [-0.2, 0) is 6.54 Å². The Morgan fingerprint density at radius 2 is 1.67 bits per heavy atom. The highest BCUT2D eigenvalue weighted by Gasteiger charge is 2.18. The van der Waals surface area contributed by atoms with Gasteiger partial charge in [0.15, 0.2) is 5.76 Å². The minimum Gasteiger partial charge on any atom is -0.451 e. The molecule has 1 aliphatic rings. The van der Waals surface area contributed by atoms with E-state index in [0.29, 0.717) is 23.4 Å². The number of benzene rings is 2. The molecule has 0 bridgehead atoms. The van der Waals surface area contributed by atoms with Crippen molar-refractivity contribution < 1.29 is 18.4 Å². The van der Waals surface area contributed by atoms with Crippen molar-refractivity contribution in [2.75, 3.05) is 13.1 Å². The molecule has 4 rings (SSSR count). The van der Waals surface area contributed by atoms with Crippen molar-refractivity contribution in [3.8, 4) is 11.3 Å². The number of carbonyl (C=O) groups excluding carboxylic acids is 2. The van der Waals surface area contributed by atoms with Crippen LogP contribution in [0.5, 0.6) is 0 Å². The summed E-state index contributed by atoms with van der Waals surface area (Å²) in [7, 11) is 0. The monoisotopic (exact) mass is 406 g/mol. The number of halogens is 1. The van der Waals surface area contributed by atoms with Crippen molar-refractivity contribution >= 4 is 11.8 Å². The SMILES string of the molecule is O=C(NCc1ccc(C(=O)N2CCCCC2)cc1)c1ccc(-c2ccccc2F)o1. The number of rotatable bonds is 5. The Morgan fingerprint density at radius 3 is 2.40 bits per heavy atom. The summed E-state index contributed by atoms with van der Waals surface area (Å²) in [6, 6.07) is 16.6. The zero-order chi connectivity index (χ0) is 20.9. The van der Waals surface area contributed by atoms with Gasteiger partial charge in [-0.3, -0.25) is 9.59 Å². The maximum atomic E-state index is 13.9. The van der Waals surface area contributed by atoms with E-state index in [1.807, 2.05) is 17.0 Å². The minimum absolute atomic E-state index is 0.0570. The lowest BCUT2D eigenvalue weighted by Gasteiger charge is -2.26. The van der Waals surface area contributed by atoms with Crippen molar-refractivity contribution in [2.45, 2.75) is 25.8 Å². The highest BCUT2D eigenvalue weighted by molar-refractivity contribution is 5.94. The maximum Gasteiger partial charge on any atom is 0.287 e. The Morgan fingerprint density at radius 1 is 0.933 bits per heavy atom. The number of hydrogen-bond donors (Lipinski definition) is 1. The van der Waals surface area contributed by atoms with Crippen LogP contribution < -0.4 is 5.32 Å². The molecule has 0 unspecified atom stereocenters.